The molecule has 14 nitrogen and oxygen atoms in total. The molecule has 81 heavy (non-hydrogen) atoms. The van der Waals surface area contributed by atoms with Crippen LogP contribution in [0.2, 0.25) is 5.02 Å². The van der Waals surface area contributed by atoms with E-state index in [1.165, 1.54) is 0 Å². The fourth-order valence-corrected chi connectivity index (χ4v) is 11.2. The van der Waals surface area contributed by atoms with E-state index in [9.17, 15) is 26.3 Å². The lowest BCUT2D eigenvalue weighted by Crippen LogP contribution is -2.41. The number of fused-ring (bicyclic) bond motifs is 2. The van der Waals surface area contributed by atoms with Gasteiger partial charge in [0.25, 0.3) is 0 Å². The molecule has 8 aromatic rings. The molecule has 13 rings (SSSR count). The number of hydrogen-bond acceptors (Lipinski definition) is 12. The van der Waals surface area contributed by atoms with Crippen LogP contribution in [0.4, 0.5) is 38.0 Å². The van der Waals surface area contributed by atoms with E-state index < -0.39 is 47.7 Å². The average molecular weight is 1140 g/mol. The largest absolute Gasteiger partial charge is 0.498 e. The standard InChI is InChI=1S/C26H24F3N5O.C18H13ClF3N3.C14H23BN2O3.CH4/c27-17-1-2-22(29)21(11-17)24-12-18(28)15-33(24)25-4-3-23-26(32-25)20(5-8-30-23)16-13-31-34(14-16)19-6-9-35-10-7-19;19-13-5-6-23-15-3-4-17(24-18(13)15)25-9-11(21)8-16(25)12-7-10(20)1-2-14(12)22;1-13(2)14(3,4)20-15(19-13)11-9-16-17(10-11)12-5-7-18-8-6-12;/h1-5,8,11,13-14,18-19,24H,6-7,9-10,12,15H2;1-7,11,16H,8-9H2;9-10,12H,5-8H2,1-4H3;1H4/t18-,24+;11-,16+;;/m00../s1. The quantitative estimate of drug-likeness (QED) is 0.106. The van der Waals surface area contributed by atoms with E-state index in [0.717, 1.165) is 105 Å². The molecule has 2 aromatic carbocycles. The summed E-state index contributed by atoms with van der Waals surface area (Å²) >= 11 is 6.16. The van der Waals surface area contributed by atoms with E-state index >= 15 is 0 Å². The van der Waals surface area contributed by atoms with E-state index in [0.29, 0.717) is 50.8 Å². The summed E-state index contributed by atoms with van der Waals surface area (Å²) in [6, 6.07) is 16.5. The molecule has 0 unspecified atom stereocenters. The molecular formula is C59H64BClF6N10O4. The molecule has 6 aromatic heterocycles. The predicted molar refractivity (Wildman–Crippen MR) is 300 cm³/mol. The first kappa shape index (κ1) is 57.6. The van der Waals surface area contributed by atoms with E-state index in [4.69, 9.17) is 35.4 Å². The zero-order valence-corrected chi connectivity index (χ0v) is 45.4. The summed E-state index contributed by atoms with van der Waals surface area (Å²) in [6.45, 7) is 11.4. The number of aromatic nitrogens is 8. The van der Waals surface area contributed by atoms with Crippen molar-refractivity contribution in [1.29, 1.82) is 0 Å². The Morgan fingerprint density at radius 2 is 1.07 bits per heavy atom. The van der Waals surface area contributed by atoms with Gasteiger partial charge in [0.15, 0.2) is 0 Å². The Balaban J connectivity index is 0.000000142. The SMILES string of the molecule is C.CC1(C)OB(c2cnn(C3CCOCC3)c2)OC1(C)C.Fc1ccc(F)c([C@H]2C[C@H](F)CN2c2ccc3nccc(-c4cnn(C5CCOCC5)c4)c3n2)c1.Fc1ccc(F)c([C@H]2C[C@H](F)CN2c2ccc3nccc(Cl)c3n2)c1. The van der Waals surface area contributed by atoms with Crippen LogP contribution < -0.4 is 15.3 Å². The van der Waals surface area contributed by atoms with Crippen LogP contribution in [-0.4, -0.2) is 110 Å². The summed E-state index contributed by atoms with van der Waals surface area (Å²) in [4.78, 5) is 21.3. The van der Waals surface area contributed by atoms with Crippen molar-refractivity contribution in [3.05, 3.63) is 149 Å². The van der Waals surface area contributed by atoms with Crippen LogP contribution in [0.25, 0.3) is 33.2 Å². The van der Waals surface area contributed by atoms with E-state index in [-0.39, 0.29) is 62.8 Å². The second-order valence-corrected chi connectivity index (χ2v) is 22.2. The number of pyridine rings is 4. The number of hydrogen-bond donors (Lipinski definition) is 0. The third-order valence-electron chi connectivity index (χ3n) is 16.0. The van der Waals surface area contributed by atoms with Crippen molar-refractivity contribution < 1.29 is 45.1 Å². The van der Waals surface area contributed by atoms with Crippen LogP contribution in [0, 0.1) is 23.3 Å². The van der Waals surface area contributed by atoms with Gasteiger partial charge in [-0.1, -0.05) is 19.0 Å². The molecule has 22 heteroatoms. The molecule has 0 N–H and O–H groups in total. The monoisotopic (exact) mass is 1140 g/mol. The number of ether oxygens (including phenoxy) is 2. The topological polar surface area (TPSA) is 131 Å². The van der Waals surface area contributed by atoms with Crippen LogP contribution in [-0.2, 0) is 18.8 Å². The van der Waals surface area contributed by atoms with Crippen LogP contribution in [0.1, 0.15) is 109 Å². The third kappa shape index (κ3) is 12.3. The molecule has 0 saturated carbocycles. The summed E-state index contributed by atoms with van der Waals surface area (Å²) < 4.78 is 112. The Morgan fingerprint density at radius 1 is 0.593 bits per heavy atom. The Hall–Kier alpha value is -6.65. The maximum Gasteiger partial charge on any atom is 0.498 e. The van der Waals surface area contributed by atoms with Crippen molar-refractivity contribution in [2.75, 3.05) is 49.3 Å². The van der Waals surface area contributed by atoms with Crippen LogP contribution in [0.15, 0.2) is 110 Å². The van der Waals surface area contributed by atoms with Gasteiger partial charge in [-0.15, -0.1) is 0 Å². The first-order chi connectivity index (χ1) is 38.5. The highest BCUT2D eigenvalue weighted by atomic mass is 35.5. The highest BCUT2D eigenvalue weighted by molar-refractivity contribution is 6.62. The molecule has 5 aliphatic heterocycles. The van der Waals surface area contributed by atoms with Crippen molar-refractivity contribution in [3.8, 4) is 11.1 Å². The minimum Gasteiger partial charge on any atom is -0.399 e. The van der Waals surface area contributed by atoms with Gasteiger partial charge in [-0.05, 0) is 126 Å². The van der Waals surface area contributed by atoms with Crippen molar-refractivity contribution in [1.82, 2.24) is 39.5 Å². The number of nitrogens with zero attached hydrogens (tertiary/aromatic N) is 10. The summed E-state index contributed by atoms with van der Waals surface area (Å²) in [6.07, 6.45) is 12.7. The zero-order valence-electron chi connectivity index (χ0n) is 44.7. The number of anilines is 2. The van der Waals surface area contributed by atoms with Crippen molar-refractivity contribution in [2.24, 2.45) is 0 Å². The van der Waals surface area contributed by atoms with Crippen LogP contribution in [0.5, 0.6) is 0 Å². The van der Waals surface area contributed by atoms with Gasteiger partial charge in [-0.2, -0.15) is 10.2 Å². The lowest BCUT2D eigenvalue weighted by atomic mass is 9.82. The third-order valence-corrected chi connectivity index (χ3v) is 16.3. The second-order valence-electron chi connectivity index (χ2n) is 21.8. The lowest BCUT2D eigenvalue weighted by molar-refractivity contribution is 0.00578. The Bertz CT molecular complexity index is 3480. The van der Waals surface area contributed by atoms with Gasteiger partial charge in [-0.25, -0.2) is 36.3 Å². The highest BCUT2D eigenvalue weighted by Crippen LogP contribution is 2.42. The molecular weight excluding hydrogens is 1070 g/mol. The van der Waals surface area contributed by atoms with Gasteiger partial charge < -0.3 is 28.6 Å². The molecule has 0 spiro atoms. The van der Waals surface area contributed by atoms with Gasteiger partial charge in [0.2, 0.25) is 0 Å². The number of rotatable bonds is 8. The van der Waals surface area contributed by atoms with Crippen molar-refractivity contribution in [3.63, 3.8) is 0 Å². The molecule has 4 atom stereocenters. The molecule has 5 saturated heterocycles. The smallest absolute Gasteiger partial charge is 0.399 e. The zero-order chi connectivity index (χ0) is 55.9. The van der Waals surface area contributed by atoms with Gasteiger partial charge in [0.05, 0.1) is 76.2 Å². The minimum absolute atomic E-state index is 0. The first-order valence-corrected chi connectivity index (χ1v) is 27.3. The van der Waals surface area contributed by atoms with Crippen LogP contribution in [0.3, 0.4) is 0 Å². The van der Waals surface area contributed by atoms with Gasteiger partial charge in [0, 0.05) is 98.0 Å². The molecule has 426 valence electrons. The maximum atomic E-state index is 14.6. The number of benzene rings is 2. The summed E-state index contributed by atoms with van der Waals surface area (Å²) in [7, 11) is -0.325. The molecule has 0 bridgehead atoms. The summed E-state index contributed by atoms with van der Waals surface area (Å²) in [5.74, 6) is -1.28. The molecule has 5 aliphatic rings. The Morgan fingerprint density at radius 3 is 1.62 bits per heavy atom. The average Bonchev–Trinajstić information content (AvgIpc) is 4.50. The maximum absolute atomic E-state index is 14.6. The van der Waals surface area contributed by atoms with Crippen LogP contribution >= 0.6 is 11.6 Å². The second kappa shape index (κ2) is 24.1. The fourth-order valence-electron chi connectivity index (χ4n) is 11.0. The Labute approximate surface area is 471 Å². The van der Waals surface area contributed by atoms with E-state index in [2.05, 4.69) is 59.0 Å². The van der Waals surface area contributed by atoms with E-state index in [1.54, 1.807) is 46.5 Å². The number of halogens is 7. The van der Waals surface area contributed by atoms with E-state index in [1.807, 2.05) is 40.1 Å². The lowest BCUT2D eigenvalue weighted by Gasteiger charge is -2.32. The normalized spacial score (nSPS) is 21.9. The number of alkyl halides is 2. The molecule has 0 aliphatic carbocycles. The molecule has 5 fully saturated rings. The van der Waals surface area contributed by atoms with Gasteiger partial charge >= 0.3 is 7.12 Å². The predicted octanol–water partition coefficient (Wildman–Crippen LogP) is 12.4. The van der Waals surface area contributed by atoms with Crippen molar-refractivity contribution in [2.45, 2.75) is 121 Å². The molecule has 11 heterocycles. The molecule has 0 amide bonds. The first-order valence-electron chi connectivity index (χ1n) is 27.0. The molecule has 0 radical (unpaired) electrons. The highest BCUT2D eigenvalue weighted by Gasteiger charge is 2.52. The Kier molecular flexibility index (Phi) is 17.1. The van der Waals surface area contributed by atoms with Gasteiger partial charge in [0.1, 0.15) is 52.8 Å². The summed E-state index contributed by atoms with van der Waals surface area (Å²) in [5, 5.41) is 9.49. The van der Waals surface area contributed by atoms with Crippen molar-refractivity contribution >= 4 is 57.9 Å². The van der Waals surface area contributed by atoms with Gasteiger partial charge in [-0.3, -0.25) is 19.3 Å². The fraction of sp³-hybridized carbons (Fsp3) is 0.424. The minimum atomic E-state index is -1.17. The summed E-state index contributed by atoms with van der Waals surface area (Å²) in [5.41, 5.74) is 4.85.